The number of ether oxygens (including phenoxy) is 1. The molecule has 0 bridgehead atoms. The number of rotatable bonds is 5. The van der Waals surface area contributed by atoms with E-state index in [0.29, 0.717) is 0 Å². The second-order valence-electron chi connectivity index (χ2n) is 9.26. The number of fused-ring (bicyclic) bond motifs is 1. The Labute approximate surface area is 194 Å². The number of nitrogens with zero attached hydrogens (tertiary/aromatic N) is 3. The minimum atomic E-state index is -1.15. The summed E-state index contributed by atoms with van der Waals surface area (Å²) in [6.07, 6.45) is 7.92. The zero-order valence-corrected chi connectivity index (χ0v) is 19.5. The summed E-state index contributed by atoms with van der Waals surface area (Å²) in [6.45, 7) is 3.92. The van der Waals surface area contributed by atoms with Crippen molar-refractivity contribution >= 4 is 17.8 Å². The van der Waals surface area contributed by atoms with Crippen LogP contribution in [0.1, 0.15) is 85.0 Å². The minimum Gasteiger partial charge on any atom is -0.464 e. The molecule has 2 atom stereocenters. The van der Waals surface area contributed by atoms with Gasteiger partial charge in [0.15, 0.2) is 5.69 Å². The van der Waals surface area contributed by atoms with Crippen LogP contribution in [0.15, 0.2) is 36.7 Å². The fourth-order valence-electron chi connectivity index (χ4n) is 5.15. The molecule has 1 aliphatic carbocycles. The van der Waals surface area contributed by atoms with E-state index in [4.69, 9.17) is 4.74 Å². The van der Waals surface area contributed by atoms with E-state index < -0.39 is 23.5 Å². The molecule has 2 heterocycles. The third-order valence-corrected chi connectivity index (χ3v) is 7.00. The van der Waals surface area contributed by atoms with Crippen molar-refractivity contribution in [2.24, 2.45) is 0 Å². The summed E-state index contributed by atoms with van der Waals surface area (Å²) in [5, 5.41) is 3.24. The van der Waals surface area contributed by atoms with Gasteiger partial charge in [-0.3, -0.25) is 9.59 Å². The summed E-state index contributed by atoms with van der Waals surface area (Å²) in [7, 11) is 1.26. The quantitative estimate of drug-likeness (QED) is 0.554. The van der Waals surface area contributed by atoms with E-state index in [1.54, 1.807) is 16.4 Å². The predicted molar refractivity (Wildman–Crippen MR) is 123 cm³/mol. The third kappa shape index (κ3) is 4.26. The number of methoxy groups -OCH3 is 1. The number of hydrogen-bond donors (Lipinski definition) is 1. The Hall–Kier alpha value is -3.16. The lowest BCUT2D eigenvalue weighted by atomic mass is 9.90. The number of amides is 2. The van der Waals surface area contributed by atoms with Crippen LogP contribution in [-0.4, -0.2) is 50.9 Å². The summed E-state index contributed by atoms with van der Waals surface area (Å²) >= 11 is 0. The maximum atomic E-state index is 13.9. The van der Waals surface area contributed by atoms with Crippen LogP contribution < -0.4 is 5.32 Å². The van der Waals surface area contributed by atoms with Crippen molar-refractivity contribution in [2.45, 2.75) is 76.5 Å². The molecule has 1 N–H and O–H groups in total. The molecule has 0 radical (unpaired) electrons. The molecule has 2 aliphatic rings. The summed E-state index contributed by atoms with van der Waals surface area (Å²) < 4.78 is 6.44. The van der Waals surface area contributed by atoms with Crippen molar-refractivity contribution in [1.82, 2.24) is 19.8 Å². The highest BCUT2D eigenvalue weighted by atomic mass is 16.5. The first-order valence-corrected chi connectivity index (χ1v) is 11.7. The molecule has 176 valence electrons. The van der Waals surface area contributed by atoms with Gasteiger partial charge in [-0.15, -0.1) is 0 Å². The van der Waals surface area contributed by atoms with E-state index in [1.165, 1.54) is 26.3 Å². The highest BCUT2D eigenvalue weighted by molar-refractivity contribution is 6.06. The molecule has 33 heavy (non-hydrogen) atoms. The standard InChI is InChI=1S/C25H32N4O4/c1-17(18-11-7-6-8-12-18)29-22(30)21-20(23(31)33-3)26-16-28(21)15-25(29,2)24(32)27-19-13-9-4-5-10-14-19/h6-8,11-12,16-17,19H,4-5,9-10,13-15H2,1-3H3,(H,27,32)/t17-,25+/m1/s1. The number of imidazole rings is 1. The van der Waals surface area contributed by atoms with Gasteiger partial charge in [0.25, 0.3) is 5.91 Å². The molecule has 0 unspecified atom stereocenters. The van der Waals surface area contributed by atoms with E-state index in [-0.39, 0.29) is 29.9 Å². The molecule has 4 rings (SSSR count). The number of aromatic nitrogens is 2. The molecule has 0 spiro atoms. The third-order valence-electron chi connectivity index (χ3n) is 7.00. The number of carbonyl (C=O) groups is 3. The number of carbonyl (C=O) groups excluding carboxylic acids is 3. The molecule has 2 amide bonds. The zero-order valence-electron chi connectivity index (χ0n) is 19.5. The van der Waals surface area contributed by atoms with Crippen molar-refractivity contribution in [3.63, 3.8) is 0 Å². The van der Waals surface area contributed by atoms with E-state index in [1.807, 2.05) is 37.3 Å². The van der Waals surface area contributed by atoms with E-state index in [0.717, 1.165) is 31.2 Å². The second-order valence-corrected chi connectivity index (χ2v) is 9.26. The average molecular weight is 453 g/mol. The number of esters is 1. The largest absolute Gasteiger partial charge is 0.464 e. The topological polar surface area (TPSA) is 93.5 Å². The van der Waals surface area contributed by atoms with Crippen molar-refractivity contribution in [1.29, 1.82) is 0 Å². The van der Waals surface area contributed by atoms with Crippen LogP contribution in [0.25, 0.3) is 0 Å². The fraction of sp³-hybridized carbons (Fsp3) is 0.520. The van der Waals surface area contributed by atoms with E-state index in [9.17, 15) is 14.4 Å². The van der Waals surface area contributed by atoms with Crippen LogP contribution in [0.4, 0.5) is 0 Å². The summed E-state index contributed by atoms with van der Waals surface area (Å²) in [6, 6.07) is 9.33. The summed E-state index contributed by atoms with van der Waals surface area (Å²) in [4.78, 5) is 45.7. The Kier molecular flexibility index (Phi) is 6.54. The Balaban J connectivity index is 1.74. The van der Waals surface area contributed by atoms with Gasteiger partial charge >= 0.3 is 5.97 Å². The van der Waals surface area contributed by atoms with Gasteiger partial charge in [0.2, 0.25) is 5.91 Å². The van der Waals surface area contributed by atoms with Crippen LogP contribution in [0.5, 0.6) is 0 Å². The van der Waals surface area contributed by atoms with Gasteiger partial charge in [-0.05, 0) is 32.3 Å². The lowest BCUT2D eigenvalue weighted by Crippen LogP contribution is -2.65. The van der Waals surface area contributed by atoms with Gasteiger partial charge < -0.3 is 19.5 Å². The van der Waals surface area contributed by atoms with Gasteiger partial charge in [0.05, 0.1) is 26.0 Å². The summed E-state index contributed by atoms with van der Waals surface area (Å²) in [5.41, 5.74) is -0.116. The molecule has 0 saturated heterocycles. The van der Waals surface area contributed by atoms with Gasteiger partial charge in [-0.1, -0.05) is 56.0 Å². The Morgan fingerprint density at radius 1 is 1.15 bits per heavy atom. The van der Waals surface area contributed by atoms with Crippen LogP contribution in [0.2, 0.25) is 0 Å². The smallest absolute Gasteiger partial charge is 0.359 e. The summed E-state index contributed by atoms with van der Waals surface area (Å²) in [5.74, 6) is -1.26. The Bertz CT molecular complexity index is 1030. The average Bonchev–Trinajstić information content (AvgIpc) is 3.07. The molecular formula is C25H32N4O4. The Morgan fingerprint density at radius 2 is 1.82 bits per heavy atom. The molecular weight excluding hydrogens is 420 g/mol. The van der Waals surface area contributed by atoms with Gasteiger partial charge in [0, 0.05) is 6.04 Å². The highest BCUT2D eigenvalue weighted by Crippen LogP contribution is 2.36. The molecule has 8 heteroatoms. The fourth-order valence-corrected chi connectivity index (χ4v) is 5.15. The van der Waals surface area contributed by atoms with Gasteiger partial charge in [0.1, 0.15) is 11.2 Å². The van der Waals surface area contributed by atoms with Crippen molar-refractivity contribution in [3.8, 4) is 0 Å². The lowest BCUT2D eigenvalue weighted by molar-refractivity contribution is -0.135. The Morgan fingerprint density at radius 3 is 2.45 bits per heavy atom. The van der Waals surface area contributed by atoms with Gasteiger partial charge in [-0.2, -0.15) is 0 Å². The van der Waals surface area contributed by atoms with Crippen LogP contribution in [0, 0.1) is 0 Å². The maximum absolute atomic E-state index is 13.9. The van der Waals surface area contributed by atoms with Crippen molar-refractivity contribution < 1.29 is 19.1 Å². The molecule has 1 aromatic heterocycles. The zero-order chi connectivity index (χ0) is 23.6. The van der Waals surface area contributed by atoms with Crippen molar-refractivity contribution in [2.75, 3.05) is 7.11 Å². The molecule has 2 aromatic rings. The lowest BCUT2D eigenvalue weighted by Gasteiger charge is -2.47. The monoisotopic (exact) mass is 452 g/mol. The molecule has 1 saturated carbocycles. The SMILES string of the molecule is COC(=O)c1ncn2c1C(=O)N([C@H](C)c1ccccc1)[C@](C)(C(=O)NC1CCCCCC1)C2. The maximum Gasteiger partial charge on any atom is 0.359 e. The molecule has 8 nitrogen and oxygen atoms in total. The van der Waals surface area contributed by atoms with Crippen LogP contribution in [0.3, 0.4) is 0 Å². The predicted octanol–water partition coefficient (Wildman–Crippen LogP) is 3.48. The van der Waals surface area contributed by atoms with E-state index >= 15 is 0 Å². The molecule has 1 fully saturated rings. The molecule has 1 aromatic carbocycles. The first-order valence-electron chi connectivity index (χ1n) is 11.7. The number of benzene rings is 1. The minimum absolute atomic E-state index is 0.0287. The number of hydrogen-bond acceptors (Lipinski definition) is 5. The first-order chi connectivity index (χ1) is 15.9. The second kappa shape index (κ2) is 9.37. The van der Waals surface area contributed by atoms with Crippen LogP contribution >= 0.6 is 0 Å². The van der Waals surface area contributed by atoms with Crippen LogP contribution in [-0.2, 0) is 16.1 Å². The molecule has 1 aliphatic heterocycles. The highest BCUT2D eigenvalue weighted by Gasteiger charge is 2.51. The first kappa shape index (κ1) is 23.0. The van der Waals surface area contributed by atoms with Crippen molar-refractivity contribution in [3.05, 3.63) is 53.6 Å². The normalized spacial score (nSPS) is 22.3. The van der Waals surface area contributed by atoms with E-state index in [2.05, 4.69) is 10.3 Å². The number of nitrogens with one attached hydrogen (secondary N) is 1. The van der Waals surface area contributed by atoms with Gasteiger partial charge in [-0.25, -0.2) is 9.78 Å².